The standard InChI is InChI=1S/C12H22N2O2/c15-9-12(5-1-2-6-12)14-8-11(16)13-7-10-3-4-10/h10,14-15H,1-9H2,(H,13,16). The Morgan fingerprint density at radius 1 is 1.31 bits per heavy atom. The van der Waals surface area contributed by atoms with E-state index in [2.05, 4.69) is 10.6 Å². The zero-order valence-corrected chi connectivity index (χ0v) is 9.80. The molecule has 0 atom stereocenters. The lowest BCUT2D eigenvalue weighted by Crippen LogP contribution is -2.50. The summed E-state index contributed by atoms with van der Waals surface area (Å²) in [5.74, 6) is 0.786. The van der Waals surface area contributed by atoms with Crippen molar-refractivity contribution in [1.29, 1.82) is 0 Å². The van der Waals surface area contributed by atoms with Crippen molar-refractivity contribution in [2.45, 2.75) is 44.1 Å². The molecular weight excluding hydrogens is 204 g/mol. The molecular formula is C12H22N2O2. The first-order valence-corrected chi connectivity index (χ1v) is 6.37. The van der Waals surface area contributed by atoms with Gasteiger partial charge in [-0.1, -0.05) is 12.8 Å². The van der Waals surface area contributed by atoms with Crippen LogP contribution in [0.3, 0.4) is 0 Å². The lowest BCUT2D eigenvalue weighted by atomic mass is 9.99. The first-order valence-electron chi connectivity index (χ1n) is 6.37. The van der Waals surface area contributed by atoms with E-state index in [1.807, 2.05) is 0 Å². The summed E-state index contributed by atoms with van der Waals surface area (Å²) >= 11 is 0. The van der Waals surface area contributed by atoms with E-state index in [0.29, 0.717) is 6.54 Å². The summed E-state index contributed by atoms with van der Waals surface area (Å²) in [4.78, 5) is 11.5. The molecule has 0 unspecified atom stereocenters. The van der Waals surface area contributed by atoms with Crippen molar-refractivity contribution in [1.82, 2.24) is 10.6 Å². The Hall–Kier alpha value is -0.610. The number of aliphatic hydroxyl groups excluding tert-OH is 1. The summed E-state index contributed by atoms with van der Waals surface area (Å²) in [6.45, 7) is 1.31. The maximum atomic E-state index is 11.5. The maximum Gasteiger partial charge on any atom is 0.233 e. The highest BCUT2D eigenvalue weighted by atomic mass is 16.3. The molecule has 1 amide bonds. The van der Waals surface area contributed by atoms with Gasteiger partial charge in [-0.25, -0.2) is 0 Å². The minimum Gasteiger partial charge on any atom is -0.394 e. The van der Waals surface area contributed by atoms with Gasteiger partial charge >= 0.3 is 0 Å². The van der Waals surface area contributed by atoms with Gasteiger partial charge in [0.2, 0.25) is 5.91 Å². The summed E-state index contributed by atoms with van der Waals surface area (Å²) in [5, 5.41) is 15.5. The van der Waals surface area contributed by atoms with Crippen LogP contribution in [0.1, 0.15) is 38.5 Å². The smallest absolute Gasteiger partial charge is 0.233 e. The predicted octanol–water partition coefficient (Wildman–Crippen LogP) is 0.407. The van der Waals surface area contributed by atoms with Crippen molar-refractivity contribution < 1.29 is 9.90 Å². The molecule has 0 aromatic heterocycles. The zero-order valence-electron chi connectivity index (χ0n) is 9.80. The average Bonchev–Trinajstić information content (AvgIpc) is 3.02. The fourth-order valence-electron chi connectivity index (χ4n) is 2.35. The maximum absolute atomic E-state index is 11.5. The fraction of sp³-hybridized carbons (Fsp3) is 0.917. The molecule has 2 saturated carbocycles. The molecule has 3 N–H and O–H groups in total. The molecule has 2 aliphatic carbocycles. The van der Waals surface area contributed by atoms with Gasteiger partial charge in [-0.15, -0.1) is 0 Å². The predicted molar refractivity (Wildman–Crippen MR) is 62.0 cm³/mol. The number of carbonyl (C=O) groups is 1. The van der Waals surface area contributed by atoms with Crippen LogP contribution in [-0.4, -0.2) is 36.2 Å². The van der Waals surface area contributed by atoms with Gasteiger partial charge < -0.3 is 15.7 Å². The van der Waals surface area contributed by atoms with E-state index in [1.165, 1.54) is 12.8 Å². The molecule has 4 heteroatoms. The fourth-order valence-corrected chi connectivity index (χ4v) is 2.35. The van der Waals surface area contributed by atoms with E-state index in [-0.39, 0.29) is 18.1 Å². The van der Waals surface area contributed by atoms with Gasteiger partial charge in [-0.05, 0) is 31.6 Å². The van der Waals surface area contributed by atoms with Gasteiger partial charge in [-0.2, -0.15) is 0 Å². The van der Waals surface area contributed by atoms with Gasteiger partial charge in [0.05, 0.1) is 13.2 Å². The van der Waals surface area contributed by atoms with E-state index in [0.717, 1.165) is 38.1 Å². The van der Waals surface area contributed by atoms with Crippen molar-refractivity contribution in [3.8, 4) is 0 Å². The van der Waals surface area contributed by atoms with E-state index < -0.39 is 0 Å². The monoisotopic (exact) mass is 226 g/mol. The largest absolute Gasteiger partial charge is 0.394 e. The van der Waals surface area contributed by atoms with Crippen LogP contribution in [0.2, 0.25) is 0 Å². The molecule has 0 heterocycles. The molecule has 92 valence electrons. The normalized spacial score (nSPS) is 23.3. The van der Waals surface area contributed by atoms with Crippen LogP contribution in [0.5, 0.6) is 0 Å². The second kappa shape index (κ2) is 5.15. The van der Waals surface area contributed by atoms with E-state index in [1.54, 1.807) is 0 Å². The number of hydrogen-bond acceptors (Lipinski definition) is 3. The van der Waals surface area contributed by atoms with Crippen LogP contribution in [0, 0.1) is 5.92 Å². The van der Waals surface area contributed by atoms with Crippen molar-refractivity contribution in [2.24, 2.45) is 5.92 Å². The van der Waals surface area contributed by atoms with Crippen LogP contribution in [0.4, 0.5) is 0 Å². The summed E-state index contributed by atoms with van der Waals surface area (Å²) in [5.41, 5.74) is -0.184. The summed E-state index contributed by atoms with van der Waals surface area (Å²) in [6.07, 6.45) is 6.79. The number of aliphatic hydroxyl groups is 1. The number of rotatable bonds is 6. The Bertz CT molecular complexity index is 245. The quantitative estimate of drug-likeness (QED) is 0.614. The average molecular weight is 226 g/mol. The second-order valence-corrected chi connectivity index (χ2v) is 5.25. The third kappa shape index (κ3) is 3.19. The van der Waals surface area contributed by atoms with Crippen molar-refractivity contribution in [2.75, 3.05) is 19.7 Å². The SMILES string of the molecule is O=C(CNC1(CO)CCCC1)NCC1CC1. The van der Waals surface area contributed by atoms with E-state index in [4.69, 9.17) is 0 Å². The van der Waals surface area contributed by atoms with Gasteiger partial charge in [0.15, 0.2) is 0 Å². The van der Waals surface area contributed by atoms with Crippen LogP contribution < -0.4 is 10.6 Å². The Labute approximate surface area is 96.8 Å². The Kier molecular flexibility index (Phi) is 3.82. The molecule has 0 saturated heterocycles. The van der Waals surface area contributed by atoms with Crippen molar-refractivity contribution in [3.05, 3.63) is 0 Å². The molecule has 4 nitrogen and oxygen atoms in total. The number of carbonyl (C=O) groups excluding carboxylic acids is 1. The Morgan fingerprint density at radius 3 is 2.56 bits per heavy atom. The number of amides is 1. The molecule has 0 aromatic rings. The van der Waals surface area contributed by atoms with Crippen molar-refractivity contribution in [3.63, 3.8) is 0 Å². The molecule has 0 aliphatic heterocycles. The highest BCUT2D eigenvalue weighted by Gasteiger charge is 2.33. The topological polar surface area (TPSA) is 61.4 Å². The highest BCUT2D eigenvalue weighted by molar-refractivity contribution is 5.78. The first kappa shape index (κ1) is 11.9. The van der Waals surface area contributed by atoms with Crippen LogP contribution >= 0.6 is 0 Å². The van der Waals surface area contributed by atoms with Crippen LogP contribution in [-0.2, 0) is 4.79 Å². The minimum atomic E-state index is -0.184. The highest BCUT2D eigenvalue weighted by Crippen LogP contribution is 2.29. The molecule has 0 aromatic carbocycles. The molecule has 16 heavy (non-hydrogen) atoms. The number of hydrogen-bond donors (Lipinski definition) is 3. The van der Waals surface area contributed by atoms with E-state index >= 15 is 0 Å². The summed E-state index contributed by atoms with van der Waals surface area (Å²) < 4.78 is 0. The van der Waals surface area contributed by atoms with Gasteiger partial charge in [-0.3, -0.25) is 4.79 Å². The lowest BCUT2D eigenvalue weighted by molar-refractivity contribution is -0.120. The summed E-state index contributed by atoms with van der Waals surface area (Å²) in [6, 6.07) is 0. The number of nitrogens with one attached hydrogen (secondary N) is 2. The van der Waals surface area contributed by atoms with E-state index in [9.17, 15) is 9.90 Å². The third-order valence-electron chi connectivity index (χ3n) is 3.77. The van der Waals surface area contributed by atoms with Crippen LogP contribution in [0.25, 0.3) is 0 Å². The third-order valence-corrected chi connectivity index (χ3v) is 3.77. The first-order chi connectivity index (χ1) is 7.74. The molecule has 0 radical (unpaired) electrons. The Morgan fingerprint density at radius 2 is 2.00 bits per heavy atom. The molecule has 0 spiro atoms. The summed E-state index contributed by atoms with van der Waals surface area (Å²) in [7, 11) is 0. The lowest BCUT2D eigenvalue weighted by Gasteiger charge is -2.27. The second-order valence-electron chi connectivity index (χ2n) is 5.25. The van der Waals surface area contributed by atoms with Gasteiger partial charge in [0.25, 0.3) is 0 Å². The zero-order chi connectivity index (χ0) is 11.4. The van der Waals surface area contributed by atoms with Gasteiger partial charge in [0, 0.05) is 12.1 Å². The molecule has 2 aliphatic rings. The molecule has 2 fully saturated rings. The molecule has 2 rings (SSSR count). The minimum absolute atomic E-state index is 0.0617. The Balaban J connectivity index is 1.66. The van der Waals surface area contributed by atoms with Crippen LogP contribution in [0.15, 0.2) is 0 Å². The van der Waals surface area contributed by atoms with Gasteiger partial charge in [0.1, 0.15) is 0 Å². The van der Waals surface area contributed by atoms with Crippen molar-refractivity contribution >= 4 is 5.91 Å². The molecule has 0 bridgehead atoms.